The Morgan fingerprint density at radius 2 is 1.71 bits per heavy atom. The molecule has 2 N–H and O–H groups in total. The van der Waals surface area contributed by atoms with E-state index in [1.54, 1.807) is 0 Å². The molecule has 0 saturated carbocycles. The first-order valence-corrected chi connectivity index (χ1v) is 6.57. The molecule has 1 atom stereocenters. The lowest BCUT2D eigenvalue weighted by molar-refractivity contribution is -0.0549. The van der Waals surface area contributed by atoms with Crippen LogP contribution in [-0.4, -0.2) is 16.5 Å². The van der Waals surface area contributed by atoms with Gasteiger partial charge in [0.05, 0.1) is 0 Å². The fourth-order valence-corrected chi connectivity index (χ4v) is 1.78. The summed E-state index contributed by atoms with van der Waals surface area (Å²) in [6, 6.07) is 0. The Labute approximate surface area is 106 Å². The Balaban J connectivity index is 3.72. The van der Waals surface area contributed by atoms with Crippen LogP contribution in [0, 0.1) is 5.92 Å². The number of rotatable bonds is 8. The van der Waals surface area contributed by atoms with Gasteiger partial charge in [0.25, 0.3) is 0 Å². The molecular formula is C15H28O2. The molecule has 0 aromatic carbocycles. The molecule has 1 unspecified atom stereocenters. The summed E-state index contributed by atoms with van der Waals surface area (Å²) in [4.78, 5) is 0. The highest BCUT2D eigenvalue weighted by Crippen LogP contribution is 2.14. The van der Waals surface area contributed by atoms with Gasteiger partial charge in [-0.15, -0.1) is 0 Å². The van der Waals surface area contributed by atoms with Gasteiger partial charge < -0.3 is 10.2 Å². The molecule has 0 aliphatic carbocycles. The predicted molar refractivity (Wildman–Crippen MR) is 73.7 cm³/mol. The van der Waals surface area contributed by atoms with Crippen molar-refractivity contribution in [3.8, 4) is 0 Å². The van der Waals surface area contributed by atoms with E-state index in [-0.39, 0.29) is 0 Å². The Morgan fingerprint density at radius 1 is 1.06 bits per heavy atom. The van der Waals surface area contributed by atoms with Crippen LogP contribution in [0.5, 0.6) is 0 Å². The SMILES string of the molecule is CC(C)=CCC/C(C)=C/CCC(C)CC(O)O. The van der Waals surface area contributed by atoms with Crippen molar-refractivity contribution in [3.63, 3.8) is 0 Å². The average molecular weight is 240 g/mol. The van der Waals surface area contributed by atoms with E-state index in [2.05, 4.69) is 39.8 Å². The molecule has 0 aliphatic heterocycles. The van der Waals surface area contributed by atoms with E-state index in [1.165, 1.54) is 11.1 Å². The molecule has 0 saturated heterocycles. The molecule has 0 bridgehead atoms. The van der Waals surface area contributed by atoms with Crippen LogP contribution in [0.2, 0.25) is 0 Å². The molecule has 0 aromatic rings. The number of hydrogen-bond acceptors (Lipinski definition) is 2. The Morgan fingerprint density at radius 3 is 2.24 bits per heavy atom. The first kappa shape index (κ1) is 16.4. The largest absolute Gasteiger partial charge is 0.368 e. The van der Waals surface area contributed by atoms with Gasteiger partial charge in [-0.25, -0.2) is 0 Å². The summed E-state index contributed by atoms with van der Waals surface area (Å²) >= 11 is 0. The van der Waals surface area contributed by atoms with E-state index < -0.39 is 6.29 Å². The van der Waals surface area contributed by atoms with E-state index >= 15 is 0 Å². The van der Waals surface area contributed by atoms with Gasteiger partial charge in [-0.1, -0.05) is 30.2 Å². The molecular weight excluding hydrogens is 212 g/mol. The van der Waals surface area contributed by atoms with Crippen LogP contribution in [-0.2, 0) is 0 Å². The van der Waals surface area contributed by atoms with E-state index in [0.29, 0.717) is 12.3 Å². The molecule has 0 aromatic heterocycles. The minimum absolute atomic E-state index is 0.372. The Hall–Kier alpha value is -0.600. The van der Waals surface area contributed by atoms with E-state index in [9.17, 15) is 0 Å². The zero-order valence-electron chi connectivity index (χ0n) is 11.7. The third-order valence-corrected chi connectivity index (χ3v) is 2.86. The fraction of sp³-hybridized carbons (Fsp3) is 0.733. The summed E-state index contributed by atoms with van der Waals surface area (Å²) in [5.74, 6) is 0.372. The van der Waals surface area contributed by atoms with Gasteiger partial charge in [-0.3, -0.25) is 0 Å². The van der Waals surface area contributed by atoms with Crippen LogP contribution in [0.1, 0.15) is 59.8 Å². The molecule has 0 aliphatic rings. The number of allylic oxidation sites excluding steroid dienone is 4. The van der Waals surface area contributed by atoms with Crippen LogP contribution < -0.4 is 0 Å². The standard InChI is InChI=1S/C15H28O2/c1-12(2)7-5-8-13(3)9-6-10-14(4)11-15(16)17/h7,9,14-17H,5-6,8,10-11H2,1-4H3/b13-9+. The van der Waals surface area contributed by atoms with Gasteiger partial charge in [-0.2, -0.15) is 0 Å². The lowest BCUT2D eigenvalue weighted by Gasteiger charge is -2.11. The number of hydrogen-bond donors (Lipinski definition) is 2. The fourth-order valence-electron chi connectivity index (χ4n) is 1.78. The van der Waals surface area contributed by atoms with E-state index in [1.807, 2.05) is 0 Å². The summed E-state index contributed by atoms with van der Waals surface area (Å²) < 4.78 is 0. The zero-order valence-corrected chi connectivity index (χ0v) is 11.7. The molecule has 2 nitrogen and oxygen atoms in total. The van der Waals surface area contributed by atoms with E-state index in [4.69, 9.17) is 10.2 Å². The van der Waals surface area contributed by atoms with Gasteiger partial charge in [-0.05, 0) is 52.4 Å². The molecule has 0 amide bonds. The van der Waals surface area contributed by atoms with Crippen molar-refractivity contribution >= 4 is 0 Å². The molecule has 0 heterocycles. The molecule has 0 fully saturated rings. The summed E-state index contributed by atoms with van der Waals surface area (Å²) in [5.41, 5.74) is 2.81. The molecule has 2 heteroatoms. The average Bonchev–Trinajstić information content (AvgIpc) is 2.15. The first-order chi connectivity index (χ1) is 7.91. The minimum atomic E-state index is -1.16. The highest BCUT2D eigenvalue weighted by molar-refractivity contribution is 5.02. The van der Waals surface area contributed by atoms with Gasteiger partial charge in [0.2, 0.25) is 0 Å². The van der Waals surface area contributed by atoms with Gasteiger partial charge in [0, 0.05) is 6.42 Å². The predicted octanol–water partition coefficient (Wildman–Crippen LogP) is 3.80. The molecule has 0 spiro atoms. The van der Waals surface area contributed by atoms with Crippen LogP contribution >= 0.6 is 0 Å². The Kier molecular flexibility index (Phi) is 9.10. The van der Waals surface area contributed by atoms with E-state index in [0.717, 1.165) is 25.7 Å². The topological polar surface area (TPSA) is 40.5 Å². The van der Waals surface area contributed by atoms with Crippen LogP contribution in [0.3, 0.4) is 0 Å². The van der Waals surface area contributed by atoms with Crippen molar-refractivity contribution in [3.05, 3.63) is 23.3 Å². The highest BCUT2D eigenvalue weighted by atomic mass is 16.5. The van der Waals surface area contributed by atoms with Crippen LogP contribution in [0.4, 0.5) is 0 Å². The molecule has 0 rings (SSSR count). The third-order valence-electron chi connectivity index (χ3n) is 2.86. The minimum Gasteiger partial charge on any atom is -0.368 e. The maximum absolute atomic E-state index is 8.83. The molecule has 0 radical (unpaired) electrons. The lowest BCUT2D eigenvalue weighted by atomic mass is 10.00. The van der Waals surface area contributed by atoms with Crippen LogP contribution in [0.15, 0.2) is 23.3 Å². The third kappa shape index (κ3) is 11.7. The van der Waals surface area contributed by atoms with Crippen molar-refractivity contribution in [2.45, 2.75) is 66.1 Å². The van der Waals surface area contributed by atoms with Crippen molar-refractivity contribution in [1.29, 1.82) is 0 Å². The lowest BCUT2D eigenvalue weighted by Crippen LogP contribution is -2.09. The molecule has 17 heavy (non-hydrogen) atoms. The number of aliphatic hydroxyl groups is 2. The summed E-state index contributed by atoms with van der Waals surface area (Å²) in [6.07, 6.45) is 8.17. The first-order valence-electron chi connectivity index (χ1n) is 6.57. The van der Waals surface area contributed by atoms with Gasteiger partial charge in [0.15, 0.2) is 6.29 Å². The summed E-state index contributed by atoms with van der Waals surface area (Å²) in [5, 5.41) is 17.7. The molecule has 100 valence electrons. The Bertz CT molecular complexity index is 248. The quantitative estimate of drug-likeness (QED) is 0.500. The smallest absolute Gasteiger partial charge is 0.151 e. The monoisotopic (exact) mass is 240 g/mol. The van der Waals surface area contributed by atoms with Gasteiger partial charge >= 0.3 is 0 Å². The second-order valence-corrected chi connectivity index (χ2v) is 5.27. The second kappa shape index (κ2) is 9.43. The maximum atomic E-state index is 8.83. The maximum Gasteiger partial charge on any atom is 0.151 e. The normalized spacial score (nSPS) is 13.9. The zero-order chi connectivity index (χ0) is 13.3. The van der Waals surface area contributed by atoms with Crippen LogP contribution in [0.25, 0.3) is 0 Å². The van der Waals surface area contributed by atoms with Crippen molar-refractivity contribution in [2.24, 2.45) is 5.92 Å². The summed E-state index contributed by atoms with van der Waals surface area (Å²) in [7, 11) is 0. The number of aliphatic hydroxyl groups excluding tert-OH is 1. The van der Waals surface area contributed by atoms with Crippen molar-refractivity contribution < 1.29 is 10.2 Å². The summed E-state index contributed by atoms with van der Waals surface area (Å²) in [6.45, 7) is 8.48. The highest BCUT2D eigenvalue weighted by Gasteiger charge is 2.05. The second-order valence-electron chi connectivity index (χ2n) is 5.27. The van der Waals surface area contributed by atoms with Gasteiger partial charge in [0.1, 0.15) is 0 Å². The van der Waals surface area contributed by atoms with Crippen molar-refractivity contribution in [2.75, 3.05) is 0 Å². The van der Waals surface area contributed by atoms with Crippen molar-refractivity contribution in [1.82, 2.24) is 0 Å².